The van der Waals surface area contributed by atoms with Crippen LogP contribution < -0.4 is 4.74 Å². The summed E-state index contributed by atoms with van der Waals surface area (Å²) in [6.07, 6.45) is 5.85. The van der Waals surface area contributed by atoms with Gasteiger partial charge in [-0.25, -0.2) is 0 Å². The zero-order chi connectivity index (χ0) is 20.8. The minimum atomic E-state index is -0.658. The topological polar surface area (TPSA) is 79.7 Å². The first-order valence-electron chi connectivity index (χ1n) is 10.00. The molecule has 2 aromatic rings. The van der Waals surface area contributed by atoms with Crippen LogP contribution in [0.3, 0.4) is 0 Å². The van der Waals surface area contributed by atoms with Crippen molar-refractivity contribution in [3.8, 4) is 5.75 Å². The average molecular weight is 394 g/mol. The van der Waals surface area contributed by atoms with Gasteiger partial charge in [-0.3, -0.25) is 14.6 Å². The number of carbonyl (C=O) groups excluding carboxylic acids is 2. The van der Waals surface area contributed by atoms with E-state index in [0.29, 0.717) is 24.5 Å². The molecule has 29 heavy (non-hydrogen) atoms. The number of aliphatic hydroxyl groups excluding tert-OH is 1. The Kier molecular flexibility index (Phi) is 6.65. The van der Waals surface area contributed by atoms with Crippen LogP contribution in [0.4, 0.5) is 0 Å². The van der Waals surface area contributed by atoms with Crippen molar-refractivity contribution < 1.29 is 19.4 Å². The minimum absolute atomic E-state index is 0.113. The van der Waals surface area contributed by atoms with E-state index in [0.717, 1.165) is 24.8 Å². The molecule has 0 saturated carbocycles. The molecule has 0 spiro atoms. The molecule has 1 aromatic heterocycles. The Labute approximate surface area is 170 Å². The Balaban J connectivity index is 2.07. The van der Waals surface area contributed by atoms with Crippen LogP contribution >= 0.6 is 0 Å². The van der Waals surface area contributed by atoms with Crippen molar-refractivity contribution in [2.75, 3.05) is 13.2 Å². The smallest absolute Gasteiger partial charge is 0.295 e. The van der Waals surface area contributed by atoms with Gasteiger partial charge in [-0.05, 0) is 43.2 Å². The lowest BCUT2D eigenvalue weighted by molar-refractivity contribution is -0.139. The van der Waals surface area contributed by atoms with E-state index >= 15 is 0 Å². The Morgan fingerprint density at radius 1 is 1.07 bits per heavy atom. The van der Waals surface area contributed by atoms with E-state index in [-0.39, 0.29) is 11.3 Å². The minimum Gasteiger partial charge on any atom is -0.507 e. The van der Waals surface area contributed by atoms with Crippen LogP contribution in [0.5, 0.6) is 5.75 Å². The van der Waals surface area contributed by atoms with Crippen LogP contribution in [0.15, 0.2) is 54.4 Å². The summed E-state index contributed by atoms with van der Waals surface area (Å²) in [5.74, 6) is -0.693. The highest BCUT2D eigenvalue weighted by Crippen LogP contribution is 2.39. The Morgan fingerprint density at radius 3 is 2.38 bits per heavy atom. The van der Waals surface area contributed by atoms with E-state index in [1.54, 1.807) is 17.0 Å². The van der Waals surface area contributed by atoms with Gasteiger partial charge in [0.15, 0.2) is 0 Å². The summed E-state index contributed by atoms with van der Waals surface area (Å²) >= 11 is 0. The fraction of sp³-hybridized carbons (Fsp3) is 0.348. The van der Waals surface area contributed by atoms with Crippen molar-refractivity contribution in [3.05, 3.63) is 65.5 Å². The molecule has 0 bridgehead atoms. The van der Waals surface area contributed by atoms with Crippen LogP contribution in [0.2, 0.25) is 0 Å². The van der Waals surface area contributed by atoms with Gasteiger partial charge in [0.1, 0.15) is 11.5 Å². The molecule has 0 radical (unpaired) electrons. The number of unbranched alkanes of at least 4 members (excludes halogenated alkanes) is 2. The highest BCUT2D eigenvalue weighted by Gasteiger charge is 2.45. The third-order valence-electron chi connectivity index (χ3n) is 5.00. The molecule has 1 fully saturated rings. The first-order valence-corrected chi connectivity index (χ1v) is 10.00. The van der Waals surface area contributed by atoms with E-state index < -0.39 is 17.7 Å². The number of ketones is 1. The number of amides is 1. The third kappa shape index (κ3) is 4.31. The molecule has 2 heterocycles. The molecule has 1 saturated heterocycles. The second-order valence-corrected chi connectivity index (χ2v) is 6.94. The fourth-order valence-corrected chi connectivity index (χ4v) is 3.57. The number of rotatable bonds is 8. The van der Waals surface area contributed by atoms with Crippen molar-refractivity contribution >= 4 is 17.4 Å². The molecule has 1 aliphatic rings. The predicted molar refractivity (Wildman–Crippen MR) is 110 cm³/mol. The maximum atomic E-state index is 12.9. The average Bonchev–Trinajstić information content (AvgIpc) is 3.00. The predicted octanol–water partition coefficient (Wildman–Crippen LogP) is 4.09. The van der Waals surface area contributed by atoms with Gasteiger partial charge in [0.05, 0.1) is 18.2 Å². The SMILES string of the molecule is CCCCCN1C(=O)C(=O)/C(=C(\O)c2ccncc2)C1c1ccc(OCC)cc1. The summed E-state index contributed by atoms with van der Waals surface area (Å²) in [5, 5.41) is 10.9. The van der Waals surface area contributed by atoms with Crippen molar-refractivity contribution in [2.45, 2.75) is 39.2 Å². The fourth-order valence-electron chi connectivity index (χ4n) is 3.57. The number of ether oxygens (including phenoxy) is 1. The third-order valence-corrected chi connectivity index (χ3v) is 5.00. The molecule has 1 N–H and O–H groups in total. The molecule has 0 aliphatic carbocycles. The summed E-state index contributed by atoms with van der Waals surface area (Å²) < 4.78 is 5.50. The van der Waals surface area contributed by atoms with Gasteiger partial charge in [0.25, 0.3) is 11.7 Å². The van der Waals surface area contributed by atoms with Gasteiger partial charge in [0, 0.05) is 24.5 Å². The van der Waals surface area contributed by atoms with Crippen molar-refractivity contribution in [1.82, 2.24) is 9.88 Å². The molecule has 152 valence electrons. The molecule has 1 aliphatic heterocycles. The number of Topliss-reactive ketones (excluding diaryl/α,β-unsaturated/α-hetero) is 1. The zero-order valence-electron chi connectivity index (χ0n) is 16.8. The Hall–Kier alpha value is -3.15. The summed E-state index contributed by atoms with van der Waals surface area (Å²) in [5.41, 5.74) is 1.34. The van der Waals surface area contributed by atoms with E-state index in [4.69, 9.17) is 4.74 Å². The number of aliphatic hydroxyl groups is 1. The second kappa shape index (κ2) is 9.37. The lowest BCUT2D eigenvalue weighted by Gasteiger charge is -2.25. The standard InChI is InChI=1S/C23H26N2O4/c1-3-5-6-15-25-20(16-7-9-18(10-8-16)29-4-2)19(22(27)23(25)28)21(26)17-11-13-24-14-12-17/h7-14,20,26H,3-6,15H2,1-2H3/b21-19-. The molecule has 1 atom stereocenters. The number of hydrogen-bond acceptors (Lipinski definition) is 5. The first kappa shape index (κ1) is 20.6. The van der Waals surface area contributed by atoms with Crippen LogP contribution in [-0.2, 0) is 9.59 Å². The van der Waals surface area contributed by atoms with Gasteiger partial charge < -0.3 is 14.7 Å². The van der Waals surface area contributed by atoms with E-state index in [1.807, 2.05) is 31.2 Å². The summed E-state index contributed by atoms with van der Waals surface area (Å²) in [4.78, 5) is 31.2. The summed E-state index contributed by atoms with van der Waals surface area (Å²) in [6, 6.07) is 9.93. The number of carbonyl (C=O) groups is 2. The van der Waals surface area contributed by atoms with Crippen molar-refractivity contribution in [3.63, 3.8) is 0 Å². The highest BCUT2D eigenvalue weighted by molar-refractivity contribution is 6.46. The van der Waals surface area contributed by atoms with Gasteiger partial charge in [-0.1, -0.05) is 31.9 Å². The lowest BCUT2D eigenvalue weighted by Crippen LogP contribution is -2.30. The lowest BCUT2D eigenvalue weighted by atomic mass is 9.95. The number of nitrogens with zero attached hydrogens (tertiary/aromatic N) is 2. The zero-order valence-corrected chi connectivity index (χ0v) is 16.8. The summed E-state index contributed by atoms with van der Waals surface area (Å²) in [7, 11) is 0. The van der Waals surface area contributed by atoms with Crippen molar-refractivity contribution in [1.29, 1.82) is 0 Å². The van der Waals surface area contributed by atoms with Crippen LogP contribution in [0.25, 0.3) is 5.76 Å². The van der Waals surface area contributed by atoms with Crippen LogP contribution in [0.1, 0.15) is 50.3 Å². The molecule has 1 unspecified atom stereocenters. The molecule has 6 heteroatoms. The number of hydrogen-bond donors (Lipinski definition) is 1. The Morgan fingerprint density at radius 2 is 1.76 bits per heavy atom. The van der Waals surface area contributed by atoms with E-state index in [1.165, 1.54) is 12.4 Å². The highest BCUT2D eigenvalue weighted by atomic mass is 16.5. The van der Waals surface area contributed by atoms with E-state index in [2.05, 4.69) is 11.9 Å². The van der Waals surface area contributed by atoms with E-state index in [9.17, 15) is 14.7 Å². The maximum absolute atomic E-state index is 12.9. The molecular formula is C23H26N2O4. The maximum Gasteiger partial charge on any atom is 0.295 e. The molecule has 3 rings (SSSR count). The Bertz CT molecular complexity index is 891. The number of likely N-dealkylation sites (tertiary alicyclic amines) is 1. The number of benzene rings is 1. The van der Waals surface area contributed by atoms with Crippen LogP contribution in [-0.4, -0.2) is 39.8 Å². The van der Waals surface area contributed by atoms with Gasteiger partial charge in [0.2, 0.25) is 0 Å². The van der Waals surface area contributed by atoms with Gasteiger partial charge in [-0.15, -0.1) is 0 Å². The van der Waals surface area contributed by atoms with Crippen molar-refractivity contribution in [2.24, 2.45) is 0 Å². The van der Waals surface area contributed by atoms with Gasteiger partial charge in [-0.2, -0.15) is 0 Å². The molecule has 6 nitrogen and oxygen atoms in total. The number of pyridine rings is 1. The first-order chi connectivity index (χ1) is 14.1. The monoisotopic (exact) mass is 394 g/mol. The number of aromatic nitrogens is 1. The normalized spacial score (nSPS) is 18.3. The summed E-state index contributed by atoms with van der Waals surface area (Å²) in [6.45, 7) is 5.01. The molecule has 1 amide bonds. The van der Waals surface area contributed by atoms with Crippen LogP contribution in [0, 0.1) is 0 Å². The largest absolute Gasteiger partial charge is 0.507 e. The second-order valence-electron chi connectivity index (χ2n) is 6.94. The quantitative estimate of drug-likeness (QED) is 0.316. The molecular weight excluding hydrogens is 368 g/mol. The van der Waals surface area contributed by atoms with Gasteiger partial charge >= 0.3 is 0 Å². The molecule has 1 aromatic carbocycles.